The van der Waals surface area contributed by atoms with Crippen LogP contribution in [0.4, 0.5) is 0 Å². The molecule has 134 valence electrons. The lowest BCUT2D eigenvalue weighted by Crippen LogP contribution is -2.80. The highest BCUT2D eigenvalue weighted by Crippen LogP contribution is 2.19. The average molecular weight is 340 g/mol. The van der Waals surface area contributed by atoms with Gasteiger partial charge in [-0.3, -0.25) is 9.59 Å². The smallest absolute Gasteiger partial charge is 0.309 e. The highest BCUT2D eigenvalue weighted by molar-refractivity contribution is 6.15. The van der Waals surface area contributed by atoms with Gasteiger partial charge in [-0.05, 0) is 25.7 Å². The van der Waals surface area contributed by atoms with Crippen molar-refractivity contribution in [2.45, 2.75) is 53.4 Å². The Kier molecular flexibility index (Phi) is 24.0. The SMILES string of the molecule is CC.CCC(CCC(CC)C(=O)OCC[NH2+]C)C(N)=O.CCl. The molecule has 0 aromatic heterocycles. The highest BCUT2D eigenvalue weighted by atomic mass is 35.5. The van der Waals surface area contributed by atoms with E-state index in [4.69, 9.17) is 10.5 Å². The maximum atomic E-state index is 11.8. The van der Waals surface area contributed by atoms with Crippen LogP contribution in [0.1, 0.15) is 53.4 Å². The summed E-state index contributed by atoms with van der Waals surface area (Å²) in [4.78, 5) is 22.9. The second-order valence-electron chi connectivity index (χ2n) is 4.55. The second kappa shape index (κ2) is 20.2. The van der Waals surface area contributed by atoms with Crippen LogP contribution in [0, 0.1) is 11.8 Å². The first-order valence-electron chi connectivity index (χ1n) is 8.18. The average Bonchev–Trinajstić information content (AvgIpc) is 2.55. The fourth-order valence-corrected chi connectivity index (χ4v) is 1.83. The summed E-state index contributed by atoms with van der Waals surface area (Å²) in [7, 11) is 1.93. The molecule has 0 heterocycles. The first-order valence-corrected chi connectivity index (χ1v) is 8.93. The maximum absolute atomic E-state index is 11.8. The molecule has 0 saturated carbocycles. The van der Waals surface area contributed by atoms with Gasteiger partial charge in [0.05, 0.1) is 13.0 Å². The molecule has 2 unspecified atom stereocenters. The number of hydrogen-bond donors (Lipinski definition) is 2. The van der Waals surface area contributed by atoms with Crippen LogP contribution in [0.5, 0.6) is 0 Å². The van der Waals surface area contributed by atoms with E-state index in [1.807, 2.05) is 40.1 Å². The van der Waals surface area contributed by atoms with Crippen molar-refractivity contribution in [2.24, 2.45) is 17.6 Å². The van der Waals surface area contributed by atoms with Crippen LogP contribution in [-0.2, 0) is 14.3 Å². The lowest BCUT2D eigenvalue weighted by Gasteiger charge is -2.16. The van der Waals surface area contributed by atoms with E-state index in [1.54, 1.807) is 0 Å². The summed E-state index contributed by atoms with van der Waals surface area (Å²) in [6.45, 7) is 9.12. The molecule has 22 heavy (non-hydrogen) atoms. The van der Waals surface area contributed by atoms with E-state index in [1.165, 1.54) is 6.38 Å². The van der Waals surface area contributed by atoms with E-state index >= 15 is 0 Å². The number of quaternary nitrogens is 1. The van der Waals surface area contributed by atoms with Gasteiger partial charge in [-0.25, -0.2) is 0 Å². The zero-order chi connectivity index (χ0) is 18.0. The number of likely N-dealkylation sites (N-methyl/N-ethyl adjacent to an activating group) is 1. The minimum absolute atomic E-state index is 0.116. The third-order valence-corrected chi connectivity index (χ3v) is 3.24. The Morgan fingerprint density at radius 2 is 1.55 bits per heavy atom. The summed E-state index contributed by atoms with van der Waals surface area (Å²) in [6.07, 6.45) is 4.28. The van der Waals surface area contributed by atoms with Crippen molar-refractivity contribution in [1.82, 2.24) is 0 Å². The summed E-state index contributed by atoms with van der Waals surface area (Å²) in [5.74, 6) is -0.675. The Morgan fingerprint density at radius 3 is 1.91 bits per heavy atom. The molecule has 5 nitrogen and oxygen atoms in total. The topological polar surface area (TPSA) is 86.0 Å². The summed E-state index contributed by atoms with van der Waals surface area (Å²) < 4.78 is 5.18. The second-order valence-corrected chi connectivity index (χ2v) is 4.55. The van der Waals surface area contributed by atoms with Gasteiger partial charge < -0.3 is 15.8 Å². The molecule has 0 aliphatic carbocycles. The van der Waals surface area contributed by atoms with E-state index in [-0.39, 0.29) is 23.7 Å². The summed E-state index contributed by atoms with van der Waals surface area (Å²) in [6, 6.07) is 0. The Morgan fingerprint density at radius 1 is 1.09 bits per heavy atom. The number of nitrogens with two attached hydrogens (primary N) is 2. The maximum Gasteiger partial charge on any atom is 0.309 e. The van der Waals surface area contributed by atoms with Crippen molar-refractivity contribution in [3.05, 3.63) is 0 Å². The van der Waals surface area contributed by atoms with Crippen molar-refractivity contribution in [3.63, 3.8) is 0 Å². The van der Waals surface area contributed by atoms with Crippen LogP contribution in [-0.4, -0.2) is 38.5 Å². The van der Waals surface area contributed by atoms with Crippen LogP contribution >= 0.6 is 11.6 Å². The predicted octanol–water partition coefficient (Wildman–Crippen LogP) is 1.92. The number of carbonyl (C=O) groups is 2. The molecule has 0 saturated heterocycles. The molecule has 1 amide bonds. The molecule has 0 bridgehead atoms. The molecule has 0 aliphatic heterocycles. The Labute approximate surface area is 141 Å². The number of hydrogen-bond acceptors (Lipinski definition) is 3. The molecule has 4 N–H and O–H groups in total. The number of ether oxygens (including phenoxy) is 1. The Balaban J connectivity index is -0.000000826. The Hall–Kier alpha value is -0.810. The summed E-state index contributed by atoms with van der Waals surface area (Å²) in [5, 5.41) is 1.97. The molecule has 0 rings (SSSR count). The molecule has 6 heteroatoms. The van der Waals surface area contributed by atoms with Crippen molar-refractivity contribution in [2.75, 3.05) is 26.6 Å². The molecule has 2 atom stereocenters. The van der Waals surface area contributed by atoms with Gasteiger partial charge in [0.15, 0.2) is 0 Å². The minimum Gasteiger partial charge on any atom is -0.459 e. The molecular formula is C16H36ClN2O3+. The fourth-order valence-electron chi connectivity index (χ4n) is 1.83. The van der Waals surface area contributed by atoms with Crippen molar-refractivity contribution in [1.29, 1.82) is 0 Å². The highest BCUT2D eigenvalue weighted by Gasteiger charge is 2.21. The van der Waals surface area contributed by atoms with Crippen molar-refractivity contribution >= 4 is 23.5 Å². The first-order chi connectivity index (χ1) is 10.6. The lowest BCUT2D eigenvalue weighted by molar-refractivity contribution is -0.628. The monoisotopic (exact) mass is 339 g/mol. The molecule has 0 fully saturated rings. The van der Waals surface area contributed by atoms with Crippen LogP contribution < -0.4 is 11.1 Å². The van der Waals surface area contributed by atoms with E-state index < -0.39 is 0 Å². The third kappa shape index (κ3) is 14.1. The number of primary amides is 1. The zero-order valence-corrected chi connectivity index (χ0v) is 15.9. The molecular weight excluding hydrogens is 304 g/mol. The minimum atomic E-state index is -0.277. The third-order valence-electron chi connectivity index (χ3n) is 3.24. The molecule has 0 aromatic carbocycles. The number of rotatable bonds is 10. The van der Waals surface area contributed by atoms with Gasteiger partial charge in [0.1, 0.15) is 13.2 Å². The summed E-state index contributed by atoms with van der Waals surface area (Å²) in [5.41, 5.74) is 5.29. The molecule has 0 aromatic rings. The van der Waals surface area contributed by atoms with Gasteiger partial charge >= 0.3 is 5.97 Å². The number of amides is 1. The first kappa shape index (κ1) is 26.1. The number of halogens is 1. The largest absolute Gasteiger partial charge is 0.459 e. The molecule has 0 aliphatic rings. The van der Waals surface area contributed by atoms with Crippen molar-refractivity contribution < 1.29 is 19.6 Å². The van der Waals surface area contributed by atoms with Gasteiger partial charge in [-0.15, -0.1) is 11.6 Å². The number of esters is 1. The summed E-state index contributed by atoms with van der Waals surface area (Å²) >= 11 is 4.64. The molecule has 0 radical (unpaired) electrons. The van der Waals surface area contributed by atoms with Gasteiger partial charge in [-0.2, -0.15) is 0 Å². The lowest BCUT2D eigenvalue weighted by atomic mass is 9.92. The van der Waals surface area contributed by atoms with E-state index in [9.17, 15) is 9.59 Å². The van der Waals surface area contributed by atoms with Crippen LogP contribution in [0.25, 0.3) is 0 Å². The van der Waals surface area contributed by atoms with Gasteiger partial charge in [0.2, 0.25) is 5.91 Å². The van der Waals surface area contributed by atoms with Crippen LogP contribution in [0.15, 0.2) is 0 Å². The number of alkyl halides is 1. The zero-order valence-electron chi connectivity index (χ0n) is 15.2. The number of carbonyl (C=O) groups excluding carboxylic acids is 2. The van der Waals surface area contributed by atoms with Crippen LogP contribution in [0.3, 0.4) is 0 Å². The van der Waals surface area contributed by atoms with E-state index in [2.05, 4.69) is 11.6 Å². The van der Waals surface area contributed by atoms with E-state index in [0.717, 1.165) is 19.4 Å². The Bertz CT molecular complexity index is 264. The quantitative estimate of drug-likeness (QED) is 0.362. The fraction of sp³-hybridized carbons (Fsp3) is 0.875. The van der Waals surface area contributed by atoms with Gasteiger partial charge in [0.25, 0.3) is 0 Å². The van der Waals surface area contributed by atoms with Gasteiger partial charge in [0, 0.05) is 12.3 Å². The normalized spacial score (nSPS) is 12.0. The predicted molar refractivity (Wildman–Crippen MR) is 92.8 cm³/mol. The standard InChI is InChI=1S/C13H26N2O3.C2H6.CH3Cl/c1-4-10(12(14)16)6-7-11(5-2)13(17)18-9-8-15-3;2*1-2/h10-11,15H,4-9H2,1-3H3,(H2,14,16);1-2H3;1H3/p+1. The van der Waals surface area contributed by atoms with Crippen molar-refractivity contribution in [3.8, 4) is 0 Å². The van der Waals surface area contributed by atoms with Crippen LogP contribution in [0.2, 0.25) is 0 Å². The van der Waals surface area contributed by atoms with Gasteiger partial charge in [-0.1, -0.05) is 27.7 Å². The molecule has 0 spiro atoms. The van der Waals surface area contributed by atoms with E-state index in [0.29, 0.717) is 19.4 Å².